The molecule has 5 nitrogen and oxygen atoms in total. The highest BCUT2D eigenvalue weighted by Crippen LogP contribution is 2.40. The zero-order valence-corrected chi connectivity index (χ0v) is 13.1. The van der Waals surface area contributed by atoms with Crippen molar-refractivity contribution in [2.45, 2.75) is 13.2 Å². The van der Waals surface area contributed by atoms with Gasteiger partial charge in [0.25, 0.3) is 0 Å². The number of ether oxygens (including phenoxy) is 2. The van der Waals surface area contributed by atoms with E-state index in [1.165, 1.54) is 0 Å². The molecule has 1 aliphatic rings. The molecule has 1 aliphatic heterocycles. The van der Waals surface area contributed by atoms with E-state index in [2.05, 4.69) is 14.5 Å². The van der Waals surface area contributed by atoms with Crippen molar-refractivity contribution in [2.75, 3.05) is 13.7 Å². The lowest BCUT2D eigenvalue weighted by atomic mass is 10.1. The second-order valence-corrected chi connectivity index (χ2v) is 5.56. The van der Waals surface area contributed by atoms with Gasteiger partial charge in [0, 0.05) is 17.5 Å². The smallest absolute Gasteiger partial charge is 0.223 e. The molecule has 0 spiro atoms. The molecule has 118 valence electrons. The fraction of sp³-hybridized carbons (Fsp3) is 0.250. The average molecular weight is 334 g/mol. The number of nitrogens with zero attached hydrogens (tertiary/aromatic N) is 3. The summed E-state index contributed by atoms with van der Waals surface area (Å²) in [7, 11) is 1.62. The molecule has 0 bridgehead atoms. The van der Waals surface area contributed by atoms with Crippen molar-refractivity contribution in [1.82, 2.24) is 14.5 Å². The minimum absolute atomic E-state index is 0.00845. The van der Waals surface area contributed by atoms with Crippen molar-refractivity contribution in [3.8, 4) is 17.0 Å². The maximum Gasteiger partial charge on any atom is 0.223 e. The molecule has 0 aliphatic carbocycles. The highest BCUT2D eigenvalue weighted by atomic mass is 35.5. The van der Waals surface area contributed by atoms with Crippen molar-refractivity contribution >= 4 is 22.5 Å². The van der Waals surface area contributed by atoms with Gasteiger partial charge in [-0.1, -0.05) is 12.1 Å². The lowest BCUT2D eigenvalue weighted by molar-refractivity contribution is 0.0867. The van der Waals surface area contributed by atoms with Crippen LogP contribution in [0.25, 0.3) is 22.2 Å². The fourth-order valence-electron chi connectivity index (χ4n) is 3.10. The van der Waals surface area contributed by atoms with Gasteiger partial charge < -0.3 is 14.0 Å². The van der Waals surface area contributed by atoms with Gasteiger partial charge in [-0.15, -0.1) is 0 Å². The molecule has 0 radical (unpaired) electrons. The molecule has 3 aromatic rings. The largest absolute Gasteiger partial charge is 0.495 e. The Kier molecular flexibility index (Phi) is 3.43. The summed E-state index contributed by atoms with van der Waals surface area (Å²) in [6.07, 6.45) is 1.09. The van der Waals surface area contributed by atoms with Crippen LogP contribution in [-0.2, 0) is 17.9 Å². The Hall–Kier alpha value is -2.18. The van der Waals surface area contributed by atoms with Gasteiger partial charge in [-0.25, -0.2) is 14.4 Å². The number of methoxy groups -OCH3 is 1. The molecule has 0 amide bonds. The molecular weight excluding hydrogens is 321 g/mol. The first-order valence-electron chi connectivity index (χ1n) is 7.15. The number of aromatic nitrogens is 3. The van der Waals surface area contributed by atoms with Crippen LogP contribution in [0.5, 0.6) is 5.75 Å². The van der Waals surface area contributed by atoms with E-state index in [4.69, 9.17) is 21.1 Å². The third kappa shape index (κ3) is 2.17. The summed E-state index contributed by atoms with van der Waals surface area (Å²) < 4.78 is 27.5. The molecule has 4 rings (SSSR count). The number of hydrogen-bond donors (Lipinski definition) is 0. The van der Waals surface area contributed by atoms with E-state index in [-0.39, 0.29) is 11.0 Å². The summed E-state index contributed by atoms with van der Waals surface area (Å²) in [6.45, 7) is 1.65. The third-order valence-corrected chi connectivity index (χ3v) is 4.20. The molecule has 0 atom stereocenters. The number of para-hydroxylation sites is 1. The summed E-state index contributed by atoms with van der Waals surface area (Å²) in [5, 5.41) is 0.868. The quantitative estimate of drug-likeness (QED) is 0.674. The van der Waals surface area contributed by atoms with Crippen LogP contribution in [0.3, 0.4) is 0 Å². The molecule has 23 heavy (non-hydrogen) atoms. The van der Waals surface area contributed by atoms with E-state index < -0.39 is 5.82 Å². The predicted octanol–water partition coefficient (Wildman–Crippen LogP) is 3.43. The molecule has 1 aromatic carbocycles. The Balaban J connectivity index is 2.12. The van der Waals surface area contributed by atoms with Gasteiger partial charge in [-0.05, 0) is 17.7 Å². The van der Waals surface area contributed by atoms with E-state index >= 15 is 0 Å². The summed E-state index contributed by atoms with van der Waals surface area (Å²) in [4.78, 5) is 7.79. The van der Waals surface area contributed by atoms with Crippen LogP contribution in [0.15, 0.2) is 24.4 Å². The Morgan fingerprint density at radius 1 is 1.39 bits per heavy atom. The predicted molar refractivity (Wildman–Crippen MR) is 84.1 cm³/mol. The zero-order valence-electron chi connectivity index (χ0n) is 12.3. The summed E-state index contributed by atoms with van der Waals surface area (Å²) in [5.74, 6) is 0.218. The molecule has 0 saturated heterocycles. The number of halogens is 2. The highest BCUT2D eigenvalue weighted by Gasteiger charge is 2.26. The van der Waals surface area contributed by atoms with Crippen molar-refractivity contribution in [1.29, 1.82) is 0 Å². The van der Waals surface area contributed by atoms with Crippen LogP contribution >= 0.6 is 11.6 Å². The summed E-state index contributed by atoms with van der Waals surface area (Å²) in [5.41, 5.74) is 2.64. The minimum atomic E-state index is -0.516. The van der Waals surface area contributed by atoms with Crippen LogP contribution in [-0.4, -0.2) is 28.3 Å². The molecular formula is C16H13ClFN3O2. The van der Waals surface area contributed by atoms with Gasteiger partial charge >= 0.3 is 0 Å². The minimum Gasteiger partial charge on any atom is -0.495 e. The van der Waals surface area contributed by atoms with Crippen molar-refractivity contribution < 1.29 is 13.9 Å². The van der Waals surface area contributed by atoms with Gasteiger partial charge in [0.2, 0.25) is 5.28 Å². The lowest BCUT2D eigenvalue weighted by Gasteiger charge is -2.18. The fourth-order valence-corrected chi connectivity index (χ4v) is 3.23. The van der Waals surface area contributed by atoms with Gasteiger partial charge in [0.15, 0.2) is 5.82 Å². The molecule has 0 unspecified atom stereocenters. The molecule has 3 heterocycles. The van der Waals surface area contributed by atoms with Crippen LogP contribution in [0.1, 0.15) is 5.69 Å². The van der Waals surface area contributed by atoms with E-state index in [0.717, 1.165) is 28.5 Å². The van der Waals surface area contributed by atoms with Gasteiger partial charge in [0.05, 0.1) is 37.7 Å². The molecule has 2 aromatic heterocycles. The normalized spacial score (nSPS) is 14.0. The summed E-state index contributed by atoms with van der Waals surface area (Å²) >= 11 is 5.88. The maximum absolute atomic E-state index is 14.3. The standard InChI is InChI=1S/C16H13ClFN3O2/c1-22-12-4-2-3-9-13(14-10(18)7-19-16(17)20-14)11-8-23-6-5-21(11)15(9)12/h2-4,7H,5-6,8H2,1H3. The second kappa shape index (κ2) is 5.47. The van der Waals surface area contributed by atoms with Gasteiger partial charge in [-0.3, -0.25) is 0 Å². The monoisotopic (exact) mass is 333 g/mol. The van der Waals surface area contributed by atoms with Gasteiger partial charge in [-0.2, -0.15) is 0 Å². The van der Waals surface area contributed by atoms with E-state index in [0.29, 0.717) is 25.3 Å². The molecule has 7 heteroatoms. The highest BCUT2D eigenvalue weighted by molar-refractivity contribution is 6.28. The number of fused-ring (bicyclic) bond motifs is 3. The van der Waals surface area contributed by atoms with Crippen molar-refractivity contribution in [2.24, 2.45) is 0 Å². The Morgan fingerprint density at radius 2 is 2.26 bits per heavy atom. The second-order valence-electron chi connectivity index (χ2n) is 5.22. The Labute approximate surface area is 136 Å². The average Bonchev–Trinajstić information content (AvgIpc) is 2.91. The van der Waals surface area contributed by atoms with E-state index in [1.54, 1.807) is 7.11 Å². The van der Waals surface area contributed by atoms with Crippen molar-refractivity contribution in [3.05, 3.63) is 41.2 Å². The first-order chi connectivity index (χ1) is 11.2. The van der Waals surface area contributed by atoms with Crippen LogP contribution in [0.2, 0.25) is 5.28 Å². The first kappa shape index (κ1) is 14.4. The summed E-state index contributed by atoms with van der Waals surface area (Å²) in [6, 6.07) is 5.68. The van der Waals surface area contributed by atoms with Crippen LogP contribution < -0.4 is 4.74 Å². The topological polar surface area (TPSA) is 49.2 Å². The molecule has 0 fully saturated rings. The Bertz CT molecular complexity index is 910. The van der Waals surface area contributed by atoms with E-state index in [9.17, 15) is 4.39 Å². The lowest BCUT2D eigenvalue weighted by Crippen LogP contribution is -2.16. The number of rotatable bonds is 2. The Morgan fingerprint density at radius 3 is 3.09 bits per heavy atom. The zero-order chi connectivity index (χ0) is 16.0. The number of benzene rings is 1. The number of hydrogen-bond acceptors (Lipinski definition) is 4. The van der Waals surface area contributed by atoms with Crippen LogP contribution in [0, 0.1) is 5.82 Å². The van der Waals surface area contributed by atoms with Crippen LogP contribution in [0.4, 0.5) is 4.39 Å². The van der Waals surface area contributed by atoms with Crippen molar-refractivity contribution in [3.63, 3.8) is 0 Å². The third-order valence-electron chi connectivity index (χ3n) is 4.02. The van der Waals surface area contributed by atoms with E-state index in [1.807, 2.05) is 18.2 Å². The maximum atomic E-state index is 14.3. The van der Waals surface area contributed by atoms with Gasteiger partial charge in [0.1, 0.15) is 11.4 Å². The molecule has 0 N–H and O–H groups in total. The SMILES string of the molecule is COc1cccc2c(-c3nc(Cl)ncc3F)c3n(c12)CCOC3. The first-order valence-corrected chi connectivity index (χ1v) is 7.52. The molecule has 0 saturated carbocycles.